The van der Waals surface area contributed by atoms with Gasteiger partial charge in [-0.1, -0.05) is 13.3 Å². The van der Waals surface area contributed by atoms with Crippen molar-refractivity contribution in [1.29, 1.82) is 0 Å². The average Bonchev–Trinajstić information content (AvgIpc) is 2.16. The van der Waals surface area contributed by atoms with E-state index in [4.69, 9.17) is 11.6 Å². The van der Waals surface area contributed by atoms with Crippen LogP contribution in [0.3, 0.4) is 0 Å². The number of nitrogens with one attached hydrogen (secondary N) is 1. The molecule has 0 fully saturated rings. The van der Waals surface area contributed by atoms with E-state index >= 15 is 0 Å². The fourth-order valence-corrected chi connectivity index (χ4v) is 1.07. The van der Waals surface area contributed by atoms with Crippen LogP contribution < -0.4 is 5.32 Å². The lowest BCUT2D eigenvalue weighted by molar-refractivity contribution is -0.132. The lowest BCUT2D eigenvalue weighted by atomic mass is 10.3. The highest BCUT2D eigenvalue weighted by atomic mass is 35.5. The molecule has 0 aromatic rings. The van der Waals surface area contributed by atoms with Crippen molar-refractivity contribution < 1.29 is 9.59 Å². The first-order chi connectivity index (χ1) is 6.61. The Labute approximate surface area is 89.6 Å². The fourth-order valence-electron chi connectivity index (χ4n) is 0.866. The van der Waals surface area contributed by atoms with Gasteiger partial charge in [-0.3, -0.25) is 9.59 Å². The van der Waals surface area contributed by atoms with E-state index in [2.05, 4.69) is 12.2 Å². The first-order valence-electron chi connectivity index (χ1n) is 4.68. The van der Waals surface area contributed by atoms with Gasteiger partial charge >= 0.3 is 0 Å². The summed E-state index contributed by atoms with van der Waals surface area (Å²) < 4.78 is 0. The maximum Gasteiger partial charge on any atom is 0.239 e. The first kappa shape index (κ1) is 13.2. The molecule has 0 spiro atoms. The summed E-state index contributed by atoms with van der Waals surface area (Å²) in [6, 6.07) is 0. The molecule has 0 saturated carbocycles. The molecule has 0 radical (unpaired) electrons. The van der Waals surface area contributed by atoms with E-state index < -0.39 is 0 Å². The predicted octanol–water partition coefficient (Wildman–Crippen LogP) is 0.600. The molecule has 0 atom stereocenters. The molecular weight excluding hydrogens is 204 g/mol. The molecule has 0 aromatic carbocycles. The number of nitrogens with zero attached hydrogens (tertiary/aromatic N) is 1. The second kappa shape index (κ2) is 7.62. The summed E-state index contributed by atoms with van der Waals surface area (Å²) in [7, 11) is 1.56. The van der Waals surface area contributed by atoms with Crippen LogP contribution in [0.25, 0.3) is 0 Å². The van der Waals surface area contributed by atoms with Gasteiger partial charge in [0.05, 0.1) is 6.54 Å². The number of carbonyl (C=O) groups is 2. The van der Waals surface area contributed by atoms with Crippen molar-refractivity contribution in [2.45, 2.75) is 19.8 Å². The van der Waals surface area contributed by atoms with Crippen LogP contribution in [-0.2, 0) is 9.59 Å². The minimum absolute atomic E-state index is 0.0786. The highest BCUT2D eigenvalue weighted by Gasteiger charge is 2.10. The maximum atomic E-state index is 11.2. The number of amides is 2. The molecule has 4 nitrogen and oxygen atoms in total. The van der Waals surface area contributed by atoms with Crippen LogP contribution in [0.4, 0.5) is 0 Å². The van der Waals surface area contributed by atoms with E-state index in [1.54, 1.807) is 7.05 Å². The molecule has 0 aliphatic heterocycles. The van der Waals surface area contributed by atoms with Crippen LogP contribution in [0, 0.1) is 0 Å². The Morgan fingerprint density at radius 1 is 1.43 bits per heavy atom. The molecule has 2 amide bonds. The first-order valence-corrected chi connectivity index (χ1v) is 5.21. The summed E-state index contributed by atoms with van der Waals surface area (Å²) in [6.45, 7) is 2.79. The van der Waals surface area contributed by atoms with Gasteiger partial charge in [-0.25, -0.2) is 0 Å². The number of halogens is 1. The molecule has 0 heterocycles. The molecule has 82 valence electrons. The standard InChI is InChI=1S/C9H17ClN2O2/c1-3-4-5-11-8(13)7-12(2)9(14)6-10/h3-7H2,1-2H3,(H,11,13). The van der Waals surface area contributed by atoms with Crippen LogP contribution >= 0.6 is 11.6 Å². The number of alkyl halides is 1. The SMILES string of the molecule is CCCCNC(=O)CN(C)C(=O)CCl. The number of rotatable bonds is 6. The van der Waals surface area contributed by atoms with Gasteiger partial charge in [-0.15, -0.1) is 11.6 Å². The van der Waals surface area contributed by atoms with E-state index in [1.807, 2.05) is 0 Å². The smallest absolute Gasteiger partial charge is 0.239 e. The van der Waals surface area contributed by atoms with E-state index in [0.717, 1.165) is 12.8 Å². The third-order valence-corrected chi connectivity index (χ3v) is 2.00. The third kappa shape index (κ3) is 5.80. The van der Waals surface area contributed by atoms with E-state index in [0.29, 0.717) is 6.54 Å². The molecule has 1 N–H and O–H groups in total. The highest BCUT2D eigenvalue weighted by molar-refractivity contribution is 6.27. The minimum Gasteiger partial charge on any atom is -0.355 e. The van der Waals surface area contributed by atoms with Gasteiger partial charge in [0, 0.05) is 13.6 Å². The normalized spacial score (nSPS) is 9.64. The van der Waals surface area contributed by atoms with Gasteiger partial charge in [0.2, 0.25) is 11.8 Å². The zero-order valence-electron chi connectivity index (χ0n) is 8.68. The van der Waals surface area contributed by atoms with Crippen molar-refractivity contribution in [2.24, 2.45) is 0 Å². The maximum absolute atomic E-state index is 11.2. The van der Waals surface area contributed by atoms with Crippen molar-refractivity contribution in [3.05, 3.63) is 0 Å². The number of hydrogen-bond acceptors (Lipinski definition) is 2. The number of likely N-dealkylation sites (N-methyl/N-ethyl adjacent to an activating group) is 1. The molecule has 0 aliphatic carbocycles. The summed E-state index contributed by atoms with van der Waals surface area (Å²) >= 11 is 5.33. The van der Waals surface area contributed by atoms with E-state index in [1.165, 1.54) is 4.90 Å². The van der Waals surface area contributed by atoms with Gasteiger partial charge in [-0.2, -0.15) is 0 Å². The van der Waals surface area contributed by atoms with Crippen molar-refractivity contribution in [3.8, 4) is 0 Å². The number of carbonyl (C=O) groups excluding carboxylic acids is 2. The van der Waals surface area contributed by atoms with Gasteiger partial charge in [0.15, 0.2) is 0 Å². The lowest BCUT2D eigenvalue weighted by Gasteiger charge is -2.14. The summed E-state index contributed by atoms with van der Waals surface area (Å²) in [6.07, 6.45) is 2.00. The molecule has 0 unspecified atom stereocenters. The Bertz CT molecular complexity index is 197. The predicted molar refractivity (Wildman–Crippen MR) is 56.3 cm³/mol. The zero-order chi connectivity index (χ0) is 11.0. The van der Waals surface area contributed by atoms with Gasteiger partial charge in [-0.05, 0) is 6.42 Å². The lowest BCUT2D eigenvalue weighted by Crippen LogP contribution is -2.39. The molecule has 0 saturated heterocycles. The Balaban J connectivity index is 3.65. The van der Waals surface area contributed by atoms with E-state index in [9.17, 15) is 9.59 Å². The third-order valence-electron chi connectivity index (χ3n) is 1.77. The topological polar surface area (TPSA) is 49.4 Å². The van der Waals surface area contributed by atoms with Crippen molar-refractivity contribution >= 4 is 23.4 Å². The number of hydrogen-bond donors (Lipinski definition) is 1. The monoisotopic (exact) mass is 220 g/mol. The Morgan fingerprint density at radius 2 is 2.07 bits per heavy atom. The van der Waals surface area contributed by atoms with Crippen LogP contribution in [0.15, 0.2) is 0 Å². The molecule has 0 rings (SSSR count). The Kier molecular flexibility index (Phi) is 7.20. The Hall–Kier alpha value is -0.770. The largest absolute Gasteiger partial charge is 0.355 e. The summed E-state index contributed by atoms with van der Waals surface area (Å²) in [4.78, 5) is 23.5. The summed E-state index contributed by atoms with van der Waals surface area (Å²) in [5.41, 5.74) is 0. The van der Waals surface area contributed by atoms with Crippen LogP contribution in [-0.4, -0.2) is 42.7 Å². The molecule has 0 aromatic heterocycles. The second-order valence-corrected chi connectivity index (χ2v) is 3.35. The van der Waals surface area contributed by atoms with Crippen molar-refractivity contribution in [3.63, 3.8) is 0 Å². The molecule has 0 bridgehead atoms. The van der Waals surface area contributed by atoms with Gasteiger partial charge < -0.3 is 10.2 Å². The quantitative estimate of drug-likeness (QED) is 0.527. The number of unbranched alkanes of at least 4 members (excludes halogenated alkanes) is 1. The van der Waals surface area contributed by atoms with Gasteiger partial charge in [0.25, 0.3) is 0 Å². The van der Waals surface area contributed by atoms with Crippen molar-refractivity contribution in [1.82, 2.24) is 10.2 Å². The van der Waals surface area contributed by atoms with Crippen LogP contribution in [0.5, 0.6) is 0 Å². The van der Waals surface area contributed by atoms with Crippen molar-refractivity contribution in [2.75, 3.05) is 26.0 Å². The zero-order valence-corrected chi connectivity index (χ0v) is 9.43. The van der Waals surface area contributed by atoms with E-state index in [-0.39, 0.29) is 24.2 Å². The molecule has 0 aliphatic rings. The minimum atomic E-state index is -0.239. The van der Waals surface area contributed by atoms with Gasteiger partial charge in [0.1, 0.15) is 5.88 Å². The Morgan fingerprint density at radius 3 is 2.57 bits per heavy atom. The van der Waals surface area contributed by atoms with Crippen LogP contribution in [0.1, 0.15) is 19.8 Å². The molecule has 14 heavy (non-hydrogen) atoms. The van der Waals surface area contributed by atoms with Crippen LogP contribution in [0.2, 0.25) is 0 Å². The second-order valence-electron chi connectivity index (χ2n) is 3.09. The molecular formula is C9H17ClN2O2. The highest BCUT2D eigenvalue weighted by Crippen LogP contribution is 1.88. The fraction of sp³-hybridized carbons (Fsp3) is 0.778. The summed E-state index contributed by atoms with van der Waals surface area (Å²) in [5, 5.41) is 2.72. The average molecular weight is 221 g/mol. The molecule has 5 heteroatoms. The summed E-state index contributed by atoms with van der Waals surface area (Å²) in [5.74, 6) is -0.463.